The maximum atomic E-state index is 2.31. The van der Waals surface area contributed by atoms with Gasteiger partial charge in [0.15, 0.2) is 0 Å². The van der Waals surface area contributed by atoms with Gasteiger partial charge in [-0.15, -0.1) is 0 Å². The van der Waals surface area contributed by atoms with E-state index in [0.29, 0.717) is 0 Å². The molecule has 1 atom stereocenters. The standard InChI is InChI=1S/C9H14/c1-2-3-6-9-7-4-5-8-9/h3-4,6-7,9H,2,5,8H2,1H3. The van der Waals surface area contributed by atoms with E-state index < -0.39 is 0 Å². The zero-order valence-electron chi connectivity index (χ0n) is 6.01. The summed E-state index contributed by atoms with van der Waals surface area (Å²) in [5, 5.41) is 0. The lowest BCUT2D eigenvalue weighted by atomic mass is 10.1. The number of hydrogen-bond acceptors (Lipinski definition) is 0. The molecule has 0 saturated carbocycles. The maximum Gasteiger partial charge on any atom is -0.00506 e. The average molecular weight is 122 g/mol. The second-order valence-electron chi connectivity index (χ2n) is 2.51. The topological polar surface area (TPSA) is 0 Å². The van der Waals surface area contributed by atoms with E-state index >= 15 is 0 Å². The van der Waals surface area contributed by atoms with Crippen LogP contribution in [0.5, 0.6) is 0 Å². The smallest absolute Gasteiger partial charge is 0.00506 e. The third-order valence-corrected chi connectivity index (χ3v) is 1.67. The van der Waals surface area contributed by atoms with E-state index in [-0.39, 0.29) is 0 Å². The lowest BCUT2D eigenvalue weighted by molar-refractivity contribution is 0.769. The van der Waals surface area contributed by atoms with Gasteiger partial charge in [-0.25, -0.2) is 0 Å². The van der Waals surface area contributed by atoms with Crippen LogP contribution in [-0.2, 0) is 0 Å². The summed E-state index contributed by atoms with van der Waals surface area (Å²) in [5.41, 5.74) is 0. The van der Waals surface area contributed by atoms with Crippen LogP contribution in [0.4, 0.5) is 0 Å². The minimum Gasteiger partial charge on any atom is -0.0882 e. The van der Waals surface area contributed by atoms with Crippen molar-refractivity contribution in [1.29, 1.82) is 0 Å². The molecule has 0 saturated heterocycles. The summed E-state index contributed by atoms with van der Waals surface area (Å²) in [4.78, 5) is 0. The maximum absolute atomic E-state index is 2.31. The summed E-state index contributed by atoms with van der Waals surface area (Å²) in [5.74, 6) is 0.755. The average Bonchev–Trinajstić information content (AvgIpc) is 2.34. The molecule has 0 aromatic heterocycles. The molecule has 0 aromatic rings. The molecule has 0 heterocycles. The second-order valence-corrected chi connectivity index (χ2v) is 2.51. The van der Waals surface area contributed by atoms with E-state index in [1.54, 1.807) is 0 Å². The summed E-state index contributed by atoms with van der Waals surface area (Å²) in [7, 11) is 0. The van der Waals surface area contributed by atoms with Crippen molar-refractivity contribution in [1.82, 2.24) is 0 Å². The molecule has 9 heavy (non-hydrogen) atoms. The lowest BCUT2D eigenvalue weighted by Crippen LogP contribution is -1.82. The first-order chi connectivity index (χ1) is 4.43. The number of rotatable bonds is 2. The van der Waals surface area contributed by atoms with Gasteiger partial charge in [-0.1, -0.05) is 31.2 Å². The zero-order chi connectivity index (χ0) is 6.53. The van der Waals surface area contributed by atoms with Crippen molar-refractivity contribution >= 4 is 0 Å². The zero-order valence-corrected chi connectivity index (χ0v) is 6.01. The van der Waals surface area contributed by atoms with Crippen molar-refractivity contribution < 1.29 is 0 Å². The van der Waals surface area contributed by atoms with Crippen molar-refractivity contribution in [3.63, 3.8) is 0 Å². The molecule has 0 nitrogen and oxygen atoms in total. The molecule has 50 valence electrons. The van der Waals surface area contributed by atoms with Gasteiger partial charge in [0.05, 0.1) is 0 Å². The molecule has 1 aliphatic carbocycles. The van der Waals surface area contributed by atoms with Crippen LogP contribution >= 0.6 is 0 Å². The molecule has 0 fully saturated rings. The molecular formula is C9H14. The Bertz CT molecular complexity index is 120. The third-order valence-electron chi connectivity index (χ3n) is 1.67. The van der Waals surface area contributed by atoms with Crippen molar-refractivity contribution in [3.8, 4) is 0 Å². The van der Waals surface area contributed by atoms with Crippen LogP contribution in [0.3, 0.4) is 0 Å². The molecule has 1 rings (SSSR count). The Balaban J connectivity index is 2.27. The fourth-order valence-corrected chi connectivity index (χ4v) is 1.13. The normalized spacial score (nSPS) is 26.1. The summed E-state index contributed by atoms with van der Waals surface area (Å²) < 4.78 is 0. The van der Waals surface area contributed by atoms with E-state index in [0.717, 1.165) is 5.92 Å². The fraction of sp³-hybridized carbons (Fsp3) is 0.556. The molecule has 0 spiro atoms. The second kappa shape index (κ2) is 3.49. The van der Waals surface area contributed by atoms with Crippen LogP contribution < -0.4 is 0 Å². The van der Waals surface area contributed by atoms with Crippen molar-refractivity contribution in [2.75, 3.05) is 0 Å². The van der Waals surface area contributed by atoms with Gasteiger partial charge in [0.1, 0.15) is 0 Å². The Morgan fingerprint density at radius 3 is 3.11 bits per heavy atom. The van der Waals surface area contributed by atoms with Gasteiger partial charge in [0.2, 0.25) is 0 Å². The number of allylic oxidation sites excluding steroid dienone is 4. The molecule has 0 N–H and O–H groups in total. The van der Waals surface area contributed by atoms with E-state index in [2.05, 4.69) is 31.2 Å². The fourth-order valence-electron chi connectivity index (χ4n) is 1.13. The van der Waals surface area contributed by atoms with Crippen LogP contribution in [0.1, 0.15) is 26.2 Å². The number of hydrogen-bond donors (Lipinski definition) is 0. The molecule has 0 aliphatic heterocycles. The van der Waals surface area contributed by atoms with Crippen LogP contribution in [0, 0.1) is 5.92 Å². The highest BCUT2D eigenvalue weighted by molar-refractivity contribution is 5.05. The Labute approximate surface area is 57.3 Å². The molecule has 0 bridgehead atoms. The van der Waals surface area contributed by atoms with Gasteiger partial charge in [0, 0.05) is 0 Å². The Morgan fingerprint density at radius 1 is 1.67 bits per heavy atom. The molecule has 0 radical (unpaired) electrons. The predicted molar refractivity (Wildman–Crippen MR) is 41.3 cm³/mol. The first-order valence-electron chi connectivity index (χ1n) is 3.77. The van der Waals surface area contributed by atoms with Crippen LogP contribution in [-0.4, -0.2) is 0 Å². The van der Waals surface area contributed by atoms with Gasteiger partial charge in [-0.2, -0.15) is 0 Å². The van der Waals surface area contributed by atoms with Crippen molar-refractivity contribution in [3.05, 3.63) is 24.3 Å². The Kier molecular flexibility index (Phi) is 2.56. The van der Waals surface area contributed by atoms with Gasteiger partial charge in [0.25, 0.3) is 0 Å². The van der Waals surface area contributed by atoms with E-state index in [1.165, 1.54) is 19.3 Å². The van der Waals surface area contributed by atoms with Gasteiger partial charge in [-0.05, 0) is 25.2 Å². The molecule has 1 unspecified atom stereocenters. The van der Waals surface area contributed by atoms with Crippen LogP contribution in [0.15, 0.2) is 24.3 Å². The SMILES string of the molecule is CCC=CC1C=CCC1. The monoisotopic (exact) mass is 122 g/mol. The first kappa shape index (κ1) is 6.60. The lowest BCUT2D eigenvalue weighted by Gasteiger charge is -1.95. The van der Waals surface area contributed by atoms with Crippen LogP contribution in [0.2, 0.25) is 0 Å². The van der Waals surface area contributed by atoms with Gasteiger partial charge < -0.3 is 0 Å². The van der Waals surface area contributed by atoms with E-state index in [1.807, 2.05) is 0 Å². The minimum atomic E-state index is 0.755. The van der Waals surface area contributed by atoms with Crippen molar-refractivity contribution in [2.24, 2.45) is 5.92 Å². The largest absolute Gasteiger partial charge is 0.0882 e. The van der Waals surface area contributed by atoms with Gasteiger partial charge in [-0.3, -0.25) is 0 Å². The molecular weight excluding hydrogens is 108 g/mol. The van der Waals surface area contributed by atoms with Crippen LogP contribution in [0.25, 0.3) is 0 Å². The molecule has 0 aromatic carbocycles. The predicted octanol–water partition coefficient (Wildman–Crippen LogP) is 2.92. The highest BCUT2D eigenvalue weighted by atomic mass is 14.1. The Hall–Kier alpha value is -0.520. The van der Waals surface area contributed by atoms with Crippen molar-refractivity contribution in [2.45, 2.75) is 26.2 Å². The Morgan fingerprint density at radius 2 is 2.56 bits per heavy atom. The van der Waals surface area contributed by atoms with Gasteiger partial charge >= 0.3 is 0 Å². The molecule has 1 aliphatic rings. The molecule has 0 amide bonds. The molecule has 0 heteroatoms. The summed E-state index contributed by atoms with van der Waals surface area (Å²) in [6.07, 6.45) is 12.9. The highest BCUT2D eigenvalue weighted by Gasteiger charge is 2.02. The third kappa shape index (κ3) is 2.05. The van der Waals surface area contributed by atoms with E-state index in [9.17, 15) is 0 Å². The first-order valence-corrected chi connectivity index (χ1v) is 3.77. The summed E-state index contributed by atoms with van der Waals surface area (Å²) in [6.45, 7) is 2.18. The quantitative estimate of drug-likeness (QED) is 0.494. The summed E-state index contributed by atoms with van der Waals surface area (Å²) >= 11 is 0. The van der Waals surface area contributed by atoms with E-state index in [4.69, 9.17) is 0 Å². The highest BCUT2D eigenvalue weighted by Crippen LogP contribution is 2.17. The summed E-state index contributed by atoms with van der Waals surface area (Å²) in [6, 6.07) is 0. The minimum absolute atomic E-state index is 0.755.